The minimum absolute atomic E-state index is 0.0522. The average molecular weight is 287 g/mol. The van der Waals surface area contributed by atoms with E-state index in [-0.39, 0.29) is 5.38 Å². The molecule has 0 amide bonds. The van der Waals surface area contributed by atoms with Crippen LogP contribution in [0, 0.1) is 6.92 Å². The zero-order chi connectivity index (χ0) is 14.4. The number of halogens is 1. The Bertz CT molecular complexity index is 528. The van der Waals surface area contributed by atoms with Crippen LogP contribution < -0.4 is 0 Å². The highest BCUT2D eigenvalue weighted by molar-refractivity contribution is 6.20. The Hall–Kier alpha value is -1.27. The summed E-state index contributed by atoms with van der Waals surface area (Å²) in [6.07, 6.45) is 4.56. The highest BCUT2D eigenvalue weighted by Gasteiger charge is 2.10. The van der Waals surface area contributed by atoms with Crippen molar-refractivity contribution in [3.05, 3.63) is 70.8 Å². The molecule has 0 fully saturated rings. The van der Waals surface area contributed by atoms with Gasteiger partial charge in [0.1, 0.15) is 0 Å². The number of hydrogen-bond acceptors (Lipinski definition) is 0. The van der Waals surface area contributed by atoms with Crippen LogP contribution in [-0.4, -0.2) is 0 Å². The molecule has 0 nitrogen and oxygen atoms in total. The fourth-order valence-corrected chi connectivity index (χ4v) is 2.74. The molecule has 0 saturated carbocycles. The van der Waals surface area contributed by atoms with Crippen LogP contribution in [0.5, 0.6) is 0 Å². The van der Waals surface area contributed by atoms with E-state index in [2.05, 4.69) is 62.4 Å². The van der Waals surface area contributed by atoms with Crippen LogP contribution in [0.1, 0.15) is 47.4 Å². The van der Waals surface area contributed by atoms with Crippen molar-refractivity contribution in [3.63, 3.8) is 0 Å². The number of aryl methyl sites for hydroxylation is 2. The van der Waals surface area contributed by atoms with Gasteiger partial charge in [-0.2, -0.15) is 0 Å². The summed E-state index contributed by atoms with van der Waals surface area (Å²) in [5.41, 5.74) is 5.28. The summed E-state index contributed by atoms with van der Waals surface area (Å²) in [5, 5.41) is 0.0522. The highest BCUT2D eigenvalue weighted by Crippen LogP contribution is 2.26. The van der Waals surface area contributed by atoms with Crippen molar-refractivity contribution in [2.75, 3.05) is 0 Å². The minimum atomic E-state index is 0.0522. The Morgan fingerprint density at radius 2 is 1.70 bits per heavy atom. The zero-order valence-corrected chi connectivity index (χ0v) is 13.2. The van der Waals surface area contributed by atoms with Crippen molar-refractivity contribution >= 4 is 11.6 Å². The molecule has 0 saturated heterocycles. The first-order valence-corrected chi connectivity index (χ1v) is 7.91. The van der Waals surface area contributed by atoms with Gasteiger partial charge in [-0.1, -0.05) is 61.9 Å². The van der Waals surface area contributed by atoms with Crippen molar-refractivity contribution in [1.82, 2.24) is 0 Å². The average Bonchev–Trinajstić information content (AvgIpc) is 2.48. The molecule has 20 heavy (non-hydrogen) atoms. The molecule has 2 aromatic rings. The Labute approximate surface area is 127 Å². The third-order valence-electron chi connectivity index (χ3n) is 3.82. The summed E-state index contributed by atoms with van der Waals surface area (Å²) in [7, 11) is 0. The van der Waals surface area contributed by atoms with E-state index in [4.69, 9.17) is 11.6 Å². The Balaban J connectivity index is 2.02. The van der Waals surface area contributed by atoms with E-state index in [1.165, 1.54) is 41.5 Å². The van der Waals surface area contributed by atoms with Crippen LogP contribution in [0.3, 0.4) is 0 Å². The number of rotatable bonds is 6. The summed E-state index contributed by atoms with van der Waals surface area (Å²) in [6, 6.07) is 17.3. The van der Waals surface area contributed by atoms with E-state index >= 15 is 0 Å². The number of alkyl halides is 1. The Morgan fingerprint density at radius 3 is 2.35 bits per heavy atom. The van der Waals surface area contributed by atoms with Gasteiger partial charge in [0.25, 0.3) is 0 Å². The highest BCUT2D eigenvalue weighted by atomic mass is 35.5. The van der Waals surface area contributed by atoms with Gasteiger partial charge in [-0.3, -0.25) is 0 Å². The first kappa shape index (κ1) is 15.1. The lowest BCUT2D eigenvalue weighted by Crippen LogP contribution is -1.98. The van der Waals surface area contributed by atoms with Crippen molar-refractivity contribution in [3.8, 4) is 0 Å². The van der Waals surface area contributed by atoms with Crippen LogP contribution in [0.25, 0.3) is 0 Å². The van der Waals surface area contributed by atoms with E-state index in [1.54, 1.807) is 0 Å². The van der Waals surface area contributed by atoms with Gasteiger partial charge in [0.05, 0.1) is 5.38 Å². The van der Waals surface area contributed by atoms with Crippen LogP contribution in [-0.2, 0) is 12.8 Å². The van der Waals surface area contributed by atoms with Crippen molar-refractivity contribution in [1.29, 1.82) is 0 Å². The van der Waals surface area contributed by atoms with Crippen molar-refractivity contribution < 1.29 is 0 Å². The maximum absolute atomic E-state index is 6.57. The summed E-state index contributed by atoms with van der Waals surface area (Å²) < 4.78 is 0. The van der Waals surface area contributed by atoms with E-state index in [0.717, 1.165) is 6.42 Å². The fraction of sp³-hybridized carbons (Fsp3) is 0.368. The normalized spacial score (nSPS) is 12.3. The van der Waals surface area contributed by atoms with Gasteiger partial charge >= 0.3 is 0 Å². The Morgan fingerprint density at radius 1 is 1.00 bits per heavy atom. The smallest absolute Gasteiger partial charge is 0.0625 e. The molecular formula is C19H23Cl. The number of hydrogen-bond donors (Lipinski definition) is 0. The van der Waals surface area contributed by atoms with Crippen LogP contribution in [0.2, 0.25) is 0 Å². The second kappa shape index (κ2) is 7.50. The minimum Gasteiger partial charge on any atom is -0.117 e. The molecule has 0 spiro atoms. The third kappa shape index (κ3) is 4.11. The lowest BCUT2D eigenvalue weighted by Gasteiger charge is -2.12. The van der Waals surface area contributed by atoms with Crippen LogP contribution in [0.4, 0.5) is 0 Å². The van der Waals surface area contributed by atoms with E-state index in [0.29, 0.717) is 0 Å². The predicted octanol–water partition coefficient (Wildman–Crippen LogP) is 5.86. The SMILES string of the molecule is CCCCc1ccc(C(Cl)Cc2ccccc2C)cc1. The molecule has 0 bridgehead atoms. The molecule has 1 heteroatoms. The molecule has 0 aliphatic heterocycles. The molecule has 106 valence electrons. The molecular weight excluding hydrogens is 264 g/mol. The van der Waals surface area contributed by atoms with Gasteiger partial charge in [-0.05, 0) is 48.4 Å². The van der Waals surface area contributed by atoms with Crippen molar-refractivity contribution in [2.24, 2.45) is 0 Å². The summed E-state index contributed by atoms with van der Waals surface area (Å²) in [5.74, 6) is 0. The molecule has 1 atom stereocenters. The van der Waals surface area contributed by atoms with Gasteiger partial charge in [0.15, 0.2) is 0 Å². The number of benzene rings is 2. The van der Waals surface area contributed by atoms with E-state index < -0.39 is 0 Å². The number of unbranched alkanes of at least 4 members (excludes halogenated alkanes) is 1. The summed E-state index contributed by atoms with van der Waals surface area (Å²) in [4.78, 5) is 0. The molecule has 2 aromatic carbocycles. The second-order valence-corrected chi connectivity index (χ2v) is 5.97. The zero-order valence-electron chi connectivity index (χ0n) is 12.4. The first-order chi connectivity index (χ1) is 9.70. The van der Waals surface area contributed by atoms with Crippen LogP contribution in [0.15, 0.2) is 48.5 Å². The first-order valence-electron chi connectivity index (χ1n) is 7.48. The fourth-order valence-electron chi connectivity index (χ4n) is 2.42. The van der Waals surface area contributed by atoms with Crippen LogP contribution >= 0.6 is 11.6 Å². The molecule has 0 N–H and O–H groups in total. The molecule has 1 unspecified atom stereocenters. The van der Waals surface area contributed by atoms with Crippen molar-refractivity contribution in [2.45, 2.75) is 44.9 Å². The maximum atomic E-state index is 6.57. The lowest BCUT2D eigenvalue weighted by molar-refractivity contribution is 0.794. The molecule has 0 aliphatic rings. The third-order valence-corrected chi connectivity index (χ3v) is 4.23. The molecule has 0 aliphatic carbocycles. The standard InChI is InChI=1S/C19H23Cl/c1-3-4-8-16-10-12-17(13-11-16)19(20)14-18-9-6-5-7-15(18)2/h5-7,9-13,19H,3-4,8,14H2,1-2H3. The van der Waals surface area contributed by atoms with Gasteiger partial charge < -0.3 is 0 Å². The molecule has 0 aromatic heterocycles. The van der Waals surface area contributed by atoms with Gasteiger partial charge in [0, 0.05) is 0 Å². The monoisotopic (exact) mass is 286 g/mol. The quantitative estimate of drug-likeness (QED) is 0.583. The predicted molar refractivity (Wildman–Crippen MR) is 88.5 cm³/mol. The summed E-state index contributed by atoms with van der Waals surface area (Å²) >= 11 is 6.57. The Kier molecular flexibility index (Phi) is 5.67. The molecule has 0 radical (unpaired) electrons. The van der Waals surface area contributed by atoms with E-state index in [9.17, 15) is 0 Å². The lowest BCUT2D eigenvalue weighted by atomic mass is 9.99. The largest absolute Gasteiger partial charge is 0.117 e. The second-order valence-electron chi connectivity index (χ2n) is 5.44. The van der Waals surface area contributed by atoms with Gasteiger partial charge in [0.2, 0.25) is 0 Å². The topological polar surface area (TPSA) is 0 Å². The van der Waals surface area contributed by atoms with Gasteiger partial charge in [-0.25, -0.2) is 0 Å². The van der Waals surface area contributed by atoms with Gasteiger partial charge in [-0.15, -0.1) is 11.6 Å². The van der Waals surface area contributed by atoms with E-state index in [1.807, 2.05) is 0 Å². The maximum Gasteiger partial charge on any atom is 0.0625 e. The summed E-state index contributed by atoms with van der Waals surface area (Å²) in [6.45, 7) is 4.37. The molecule has 0 heterocycles. The molecule has 2 rings (SSSR count).